The Labute approximate surface area is 160 Å². The van der Waals surface area contributed by atoms with Crippen molar-refractivity contribution in [1.82, 2.24) is 0 Å². The third kappa shape index (κ3) is 4.82. The molecule has 0 spiro atoms. The van der Waals surface area contributed by atoms with E-state index in [1.165, 1.54) is 7.11 Å². The molecule has 0 radical (unpaired) electrons. The Bertz CT molecular complexity index is 806. The molecule has 0 heterocycles. The molecule has 0 N–H and O–H groups in total. The van der Waals surface area contributed by atoms with E-state index in [4.69, 9.17) is 18.9 Å². The third-order valence-electron chi connectivity index (χ3n) is 4.23. The van der Waals surface area contributed by atoms with Crippen LogP contribution < -0.4 is 14.2 Å². The van der Waals surface area contributed by atoms with E-state index in [1.807, 2.05) is 12.1 Å². The number of rotatable bonds is 9. The van der Waals surface area contributed by atoms with E-state index in [0.29, 0.717) is 17.1 Å². The van der Waals surface area contributed by atoms with Crippen LogP contribution in [0.5, 0.6) is 17.2 Å². The highest BCUT2D eigenvalue weighted by Crippen LogP contribution is 2.32. The fourth-order valence-electron chi connectivity index (χ4n) is 2.81. The summed E-state index contributed by atoms with van der Waals surface area (Å²) in [6.07, 6.45) is 3.54. The van der Waals surface area contributed by atoms with Gasteiger partial charge in [-0.05, 0) is 48.4 Å². The van der Waals surface area contributed by atoms with Crippen LogP contribution in [-0.2, 0) is 11.2 Å². The van der Waals surface area contributed by atoms with Crippen LogP contribution in [0.25, 0.3) is 6.08 Å². The Balaban J connectivity index is 2.45. The molecule has 0 aliphatic carbocycles. The van der Waals surface area contributed by atoms with E-state index < -0.39 is 0 Å². The number of aryl methyl sites for hydroxylation is 1. The Morgan fingerprint density at radius 1 is 0.926 bits per heavy atom. The molecule has 0 fully saturated rings. The Morgan fingerprint density at radius 3 is 2.11 bits per heavy atom. The normalized spacial score (nSPS) is 11.1. The maximum absolute atomic E-state index is 12.8. The molecule has 5 heteroatoms. The number of allylic oxidation sites excluding steroid dienone is 1. The first-order valence-corrected chi connectivity index (χ1v) is 8.77. The Hall–Kier alpha value is -2.95. The molecule has 0 saturated heterocycles. The van der Waals surface area contributed by atoms with Gasteiger partial charge in [0.1, 0.15) is 17.2 Å². The summed E-state index contributed by atoms with van der Waals surface area (Å²) in [5.74, 6) is 2.09. The van der Waals surface area contributed by atoms with Gasteiger partial charge in [-0.15, -0.1) is 0 Å². The summed E-state index contributed by atoms with van der Waals surface area (Å²) < 4.78 is 21.4. The van der Waals surface area contributed by atoms with Gasteiger partial charge in [-0.2, -0.15) is 0 Å². The van der Waals surface area contributed by atoms with Gasteiger partial charge in [0, 0.05) is 17.2 Å². The highest BCUT2D eigenvalue weighted by molar-refractivity contribution is 6.10. The van der Waals surface area contributed by atoms with Gasteiger partial charge in [0.25, 0.3) is 0 Å². The standard InChI is InChI=1S/C22H26O5/c1-6-7-16-12-17(20(26-4)14-19(16)25-3)13-21(27-5)22(23)15-8-10-18(24-2)11-9-15/h8-14H,6-7H2,1-5H3. The minimum atomic E-state index is -0.213. The van der Waals surface area contributed by atoms with E-state index in [2.05, 4.69) is 6.92 Å². The molecule has 0 saturated carbocycles. The summed E-state index contributed by atoms with van der Waals surface area (Å²) in [5.41, 5.74) is 2.34. The number of ketones is 1. The van der Waals surface area contributed by atoms with Crippen molar-refractivity contribution in [2.45, 2.75) is 19.8 Å². The van der Waals surface area contributed by atoms with E-state index >= 15 is 0 Å². The number of carbonyl (C=O) groups is 1. The molecule has 0 aromatic heterocycles. The predicted molar refractivity (Wildman–Crippen MR) is 106 cm³/mol. The van der Waals surface area contributed by atoms with Gasteiger partial charge >= 0.3 is 0 Å². The fourth-order valence-corrected chi connectivity index (χ4v) is 2.81. The molecule has 0 atom stereocenters. The highest BCUT2D eigenvalue weighted by atomic mass is 16.5. The second-order valence-electron chi connectivity index (χ2n) is 5.93. The lowest BCUT2D eigenvalue weighted by molar-refractivity contribution is 0.0957. The van der Waals surface area contributed by atoms with Gasteiger partial charge in [0.05, 0.1) is 28.4 Å². The van der Waals surface area contributed by atoms with Crippen LogP contribution in [-0.4, -0.2) is 34.2 Å². The number of hydrogen-bond acceptors (Lipinski definition) is 5. The van der Waals surface area contributed by atoms with Crippen molar-refractivity contribution < 1.29 is 23.7 Å². The highest BCUT2D eigenvalue weighted by Gasteiger charge is 2.16. The van der Waals surface area contributed by atoms with Crippen molar-refractivity contribution in [3.63, 3.8) is 0 Å². The lowest BCUT2D eigenvalue weighted by Crippen LogP contribution is -2.06. The van der Waals surface area contributed by atoms with Crippen molar-refractivity contribution in [2.75, 3.05) is 28.4 Å². The van der Waals surface area contributed by atoms with Crippen LogP contribution in [0.4, 0.5) is 0 Å². The maximum atomic E-state index is 12.8. The average molecular weight is 370 g/mol. The molecule has 2 aromatic rings. The number of hydrogen-bond donors (Lipinski definition) is 0. The molecule has 5 nitrogen and oxygen atoms in total. The zero-order valence-corrected chi connectivity index (χ0v) is 16.5. The molecule has 0 aliphatic rings. The van der Waals surface area contributed by atoms with E-state index in [9.17, 15) is 4.79 Å². The van der Waals surface area contributed by atoms with Gasteiger partial charge < -0.3 is 18.9 Å². The smallest absolute Gasteiger partial charge is 0.227 e. The minimum Gasteiger partial charge on any atom is -0.497 e. The van der Waals surface area contributed by atoms with Gasteiger partial charge in [-0.25, -0.2) is 0 Å². The maximum Gasteiger partial charge on any atom is 0.227 e. The summed E-state index contributed by atoms with van der Waals surface area (Å²) in [6.45, 7) is 2.10. The first kappa shape index (κ1) is 20.4. The van der Waals surface area contributed by atoms with Crippen LogP contribution >= 0.6 is 0 Å². The molecule has 0 amide bonds. The van der Waals surface area contributed by atoms with Crippen LogP contribution in [0.3, 0.4) is 0 Å². The SMILES string of the molecule is CCCc1cc(C=C(OC)C(=O)c2ccc(OC)cc2)c(OC)cc1OC. The van der Waals surface area contributed by atoms with E-state index in [-0.39, 0.29) is 11.5 Å². The molecular weight excluding hydrogens is 344 g/mol. The zero-order valence-electron chi connectivity index (χ0n) is 16.5. The first-order valence-electron chi connectivity index (χ1n) is 8.77. The number of methoxy groups -OCH3 is 4. The molecule has 2 aromatic carbocycles. The second kappa shape index (κ2) is 9.67. The molecule has 27 heavy (non-hydrogen) atoms. The molecule has 144 valence electrons. The van der Waals surface area contributed by atoms with E-state index in [0.717, 1.165) is 29.7 Å². The minimum absolute atomic E-state index is 0.213. The molecule has 0 unspecified atom stereocenters. The van der Waals surface area contributed by atoms with Crippen molar-refractivity contribution in [3.8, 4) is 17.2 Å². The lowest BCUT2D eigenvalue weighted by Gasteiger charge is -2.14. The van der Waals surface area contributed by atoms with Crippen molar-refractivity contribution in [2.24, 2.45) is 0 Å². The number of ether oxygens (including phenoxy) is 4. The Morgan fingerprint density at radius 2 is 1.59 bits per heavy atom. The predicted octanol–water partition coefficient (Wildman–Crippen LogP) is 4.54. The van der Waals surface area contributed by atoms with Gasteiger partial charge in [0.15, 0.2) is 5.76 Å². The molecular formula is C22H26O5. The fraction of sp³-hybridized carbons (Fsp3) is 0.318. The van der Waals surface area contributed by atoms with Crippen LogP contribution in [0.15, 0.2) is 42.2 Å². The van der Waals surface area contributed by atoms with Crippen LogP contribution in [0.1, 0.15) is 34.8 Å². The van der Waals surface area contributed by atoms with E-state index in [1.54, 1.807) is 51.7 Å². The first-order chi connectivity index (χ1) is 13.1. The third-order valence-corrected chi connectivity index (χ3v) is 4.23. The lowest BCUT2D eigenvalue weighted by atomic mass is 10.0. The Kier molecular flexibility index (Phi) is 7.29. The van der Waals surface area contributed by atoms with Crippen LogP contribution in [0.2, 0.25) is 0 Å². The molecule has 0 aliphatic heterocycles. The average Bonchev–Trinajstić information content (AvgIpc) is 2.71. The zero-order chi connectivity index (χ0) is 19.8. The van der Waals surface area contributed by atoms with Gasteiger partial charge in [-0.3, -0.25) is 4.79 Å². The van der Waals surface area contributed by atoms with Gasteiger partial charge in [0.2, 0.25) is 5.78 Å². The quantitative estimate of drug-likeness (QED) is 0.369. The number of benzene rings is 2. The number of Topliss-reactive ketones (excluding diaryl/α,β-unsaturated/α-hetero) is 1. The molecule has 2 rings (SSSR count). The van der Waals surface area contributed by atoms with Crippen molar-refractivity contribution in [1.29, 1.82) is 0 Å². The summed E-state index contributed by atoms with van der Waals surface area (Å²) >= 11 is 0. The monoisotopic (exact) mass is 370 g/mol. The van der Waals surface area contributed by atoms with Crippen molar-refractivity contribution >= 4 is 11.9 Å². The summed E-state index contributed by atoms with van der Waals surface area (Å²) in [4.78, 5) is 12.8. The summed E-state index contributed by atoms with van der Waals surface area (Å²) in [6, 6.07) is 10.7. The van der Waals surface area contributed by atoms with Crippen molar-refractivity contribution in [3.05, 3.63) is 58.8 Å². The second-order valence-corrected chi connectivity index (χ2v) is 5.93. The molecule has 0 bridgehead atoms. The number of carbonyl (C=O) groups excluding carboxylic acids is 1. The van der Waals surface area contributed by atoms with Crippen LogP contribution in [0, 0.1) is 0 Å². The van der Waals surface area contributed by atoms with Gasteiger partial charge in [-0.1, -0.05) is 13.3 Å². The summed E-state index contributed by atoms with van der Waals surface area (Å²) in [7, 11) is 6.29. The largest absolute Gasteiger partial charge is 0.497 e. The summed E-state index contributed by atoms with van der Waals surface area (Å²) in [5, 5.41) is 0. The topological polar surface area (TPSA) is 54.0 Å².